The van der Waals surface area contributed by atoms with Gasteiger partial charge in [0.25, 0.3) is 0 Å². The molecular formula is C18H19N5O3S2. The first-order valence-electron chi connectivity index (χ1n) is 8.40. The minimum atomic E-state index is -0.386. The van der Waals surface area contributed by atoms with E-state index in [-0.39, 0.29) is 11.9 Å². The number of anilines is 3. The average molecular weight is 418 g/mol. The molecule has 10 heteroatoms. The Labute approximate surface area is 170 Å². The molecule has 0 aliphatic carbocycles. The number of nitrogens with zero attached hydrogens (tertiary/aromatic N) is 2. The fourth-order valence-corrected chi connectivity index (χ4v) is 3.69. The van der Waals surface area contributed by atoms with Crippen LogP contribution in [0.25, 0.3) is 0 Å². The molecule has 28 heavy (non-hydrogen) atoms. The van der Waals surface area contributed by atoms with Gasteiger partial charge in [-0.1, -0.05) is 0 Å². The highest BCUT2D eigenvalue weighted by molar-refractivity contribution is 7.14. The van der Waals surface area contributed by atoms with E-state index in [1.165, 1.54) is 22.7 Å². The van der Waals surface area contributed by atoms with Gasteiger partial charge in [-0.05, 0) is 37.6 Å². The third-order valence-electron chi connectivity index (χ3n) is 3.59. The monoisotopic (exact) mass is 417 g/mol. The van der Waals surface area contributed by atoms with Gasteiger partial charge in [-0.2, -0.15) is 0 Å². The number of ether oxygens (including phenoxy) is 1. The number of urea groups is 1. The van der Waals surface area contributed by atoms with Gasteiger partial charge in [0.15, 0.2) is 10.3 Å². The maximum atomic E-state index is 12.1. The molecule has 3 amide bonds. The standard InChI is InChI=1S/C18H19N5O3S2/c1-11-9-27-17(19-11)22-15(24)8-5-13-10-28-18(21-13)23-16(25)20-12-3-6-14(26-2)7-4-12/h3-4,6-7,9-10H,5,8H2,1-2H3,(H,19,22,24)(H2,20,21,23,25). The van der Waals surface area contributed by atoms with E-state index in [4.69, 9.17) is 4.74 Å². The highest BCUT2D eigenvalue weighted by Gasteiger charge is 2.10. The van der Waals surface area contributed by atoms with Crippen molar-refractivity contribution in [1.29, 1.82) is 0 Å². The lowest BCUT2D eigenvalue weighted by molar-refractivity contribution is -0.116. The van der Waals surface area contributed by atoms with Crippen molar-refractivity contribution in [2.45, 2.75) is 19.8 Å². The Hall–Kier alpha value is -2.98. The van der Waals surface area contributed by atoms with E-state index in [0.717, 1.165) is 11.4 Å². The molecule has 0 aliphatic heterocycles. The molecule has 0 saturated heterocycles. The molecule has 8 nitrogen and oxygen atoms in total. The van der Waals surface area contributed by atoms with Crippen LogP contribution in [0, 0.1) is 6.92 Å². The maximum Gasteiger partial charge on any atom is 0.325 e. The van der Waals surface area contributed by atoms with E-state index in [1.807, 2.05) is 17.7 Å². The number of amides is 3. The number of hydrogen-bond acceptors (Lipinski definition) is 7. The van der Waals surface area contributed by atoms with E-state index in [9.17, 15) is 9.59 Å². The minimum Gasteiger partial charge on any atom is -0.497 e. The summed E-state index contributed by atoms with van der Waals surface area (Å²) >= 11 is 2.70. The van der Waals surface area contributed by atoms with Gasteiger partial charge in [-0.25, -0.2) is 14.8 Å². The molecule has 0 unspecified atom stereocenters. The molecule has 2 heterocycles. The molecule has 0 bridgehead atoms. The van der Waals surface area contributed by atoms with Gasteiger partial charge in [0.05, 0.1) is 18.5 Å². The van der Waals surface area contributed by atoms with Gasteiger partial charge in [0.2, 0.25) is 5.91 Å². The summed E-state index contributed by atoms with van der Waals surface area (Å²) in [4.78, 5) is 32.6. The number of nitrogens with one attached hydrogen (secondary N) is 3. The molecule has 3 rings (SSSR count). The van der Waals surface area contributed by atoms with Crippen LogP contribution in [-0.2, 0) is 11.2 Å². The Kier molecular flexibility index (Phi) is 6.56. The summed E-state index contributed by atoms with van der Waals surface area (Å²) in [5.41, 5.74) is 2.27. The van der Waals surface area contributed by atoms with E-state index in [1.54, 1.807) is 31.4 Å². The molecule has 0 fully saturated rings. The largest absolute Gasteiger partial charge is 0.497 e. The van der Waals surface area contributed by atoms with Crippen LogP contribution in [0.3, 0.4) is 0 Å². The number of rotatable bonds is 7. The summed E-state index contributed by atoms with van der Waals surface area (Å²) in [6.07, 6.45) is 0.772. The number of methoxy groups -OCH3 is 1. The number of carbonyl (C=O) groups is 2. The van der Waals surface area contributed by atoms with Crippen molar-refractivity contribution in [3.05, 3.63) is 46.4 Å². The van der Waals surface area contributed by atoms with Crippen molar-refractivity contribution < 1.29 is 14.3 Å². The van der Waals surface area contributed by atoms with Crippen LogP contribution in [0.2, 0.25) is 0 Å². The van der Waals surface area contributed by atoms with Gasteiger partial charge in [-0.3, -0.25) is 10.1 Å². The number of carbonyl (C=O) groups excluding carboxylic acids is 2. The molecule has 0 spiro atoms. The number of benzene rings is 1. The fourth-order valence-electron chi connectivity index (χ4n) is 2.25. The zero-order valence-electron chi connectivity index (χ0n) is 15.3. The van der Waals surface area contributed by atoms with E-state index >= 15 is 0 Å². The van der Waals surface area contributed by atoms with Crippen molar-refractivity contribution in [2.24, 2.45) is 0 Å². The zero-order chi connectivity index (χ0) is 19.9. The smallest absolute Gasteiger partial charge is 0.325 e. The van der Waals surface area contributed by atoms with Crippen molar-refractivity contribution in [3.8, 4) is 5.75 Å². The van der Waals surface area contributed by atoms with Crippen molar-refractivity contribution in [2.75, 3.05) is 23.1 Å². The lowest BCUT2D eigenvalue weighted by Gasteiger charge is -2.06. The van der Waals surface area contributed by atoms with E-state index in [2.05, 4.69) is 25.9 Å². The van der Waals surface area contributed by atoms with Crippen molar-refractivity contribution in [3.63, 3.8) is 0 Å². The second-order valence-corrected chi connectivity index (χ2v) is 7.51. The molecule has 1 aromatic carbocycles. The van der Waals surface area contributed by atoms with Crippen LogP contribution < -0.4 is 20.7 Å². The Balaban J connectivity index is 1.45. The molecule has 2 aromatic heterocycles. The number of hydrogen-bond donors (Lipinski definition) is 3. The van der Waals surface area contributed by atoms with Gasteiger partial charge in [0, 0.05) is 22.9 Å². The molecule has 0 aliphatic rings. The highest BCUT2D eigenvalue weighted by atomic mass is 32.1. The van der Waals surface area contributed by atoms with Crippen LogP contribution in [0.4, 0.5) is 20.7 Å². The lowest BCUT2D eigenvalue weighted by atomic mass is 10.2. The average Bonchev–Trinajstić information content (AvgIpc) is 3.29. The SMILES string of the molecule is COc1ccc(NC(=O)Nc2nc(CCC(=O)Nc3nc(C)cs3)cs2)cc1. The summed E-state index contributed by atoms with van der Waals surface area (Å²) < 4.78 is 5.08. The first-order valence-corrected chi connectivity index (χ1v) is 10.2. The van der Waals surface area contributed by atoms with Crippen LogP contribution in [0.5, 0.6) is 5.75 Å². The third-order valence-corrected chi connectivity index (χ3v) is 5.28. The molecular weight excluding hydrogens is 398 g/mol. The molecule has 3 aromatic rings. The third kappa shape index (κ3) is 5.76. The normalized spacial score (nSPS) is 10.4. The predicted molar refractivity (Wildman–Crippen MR) is 112 cm³/mol. The summed E-state index contributed by atoms with van der Waals surface area (Å²) in [7, 11) is 1.58. The van der Waals surface area contributed by atoms with Gasteiger partial charge in [0.1, 0.15) is 5.75 Å². The Morgan fingerprint density at radius 2 is 1.71 bits per heavy atom. The Morgan fingerprint density at radius 3 is 2.39 bits per heavy atom. The maximum absolute atomic E-state index is 12.1. The molecule has 0 radical (unpaired) electrons. The molecule has 3 N–H and O–H groups in total. The van der Waals surface area contributed by atoms with Gasteiger partial charge < -0.3 is 15.4 Å². The summed E-state index contributed by atoms with van der Waals surface area (Å²) in [5.74, 6) is 0.596. The van der Waals surface area contributed by atoms with Crippen molar-refractivity contribution in [1.82, 2.24) is 9.97 Å². The first-order chi connectivity index (χ1) is 13.5. The van der Waals surface area contributed by atoms with Crippen LogP contribution in [0.15, 0.2) is 35.0 Å². The zero-order valence-corrected chi connectivity index (χ0v) is 16.9. The topological polar surface area (TPSA) is 105 Å². The second-order valence-electron chi connectivity index (χ2n) is 5.79. The number of aromatic nitrogens is 2. The molecule has 146 valence electrons. The molecule has 0 saturated carbocycles. The van der Waals surface area contributed by atoms with Crippen LogP contribution >= 0.6 is 22.7 Å². The minimum absolute atomic E-state index is 0.117. The quantitative estimate of drug-likeness (QED) is 0.536. The van der Waals surface area contributed by atoms with Crippen LogP contribution in [0.1, 0.15) is 17.8 Å². The summed E-state index contributed by atoms with van der Waals surface area (Å²) in [6, 6.07) is 6.62. The Morgan fingerprint density at radius 1 is 1.00 bits per heavy atom. The lowest BCUT2D eigenvalue weighted by Crippen LogP contribution is -2.19. The van der Waals surface area contributed by atoms with Gasteiger partial charge in [-0.15, -0.1) is 22.7 Å². The summed E-state index contributed by atoms with van der Waals surface area (Å²) in [6.45, 7) is 1.88. The predicted octanol–water partition coefficient (Wildman–Crippen LogP) is 4.13. The highest BCUT2D eigenvalue weighted by Crippen LogP contribution is 2.19. The van der Waals surface area contributed by atoms with Gasteiger partial charge >= 0.3 is 6.03 Å². The fraction of sp³-hybridized carbons (Fsp3) is 0.222. The number of aryl methyl sites for hydroxylation is 2. The number of thiazole rings is 2. The Bertz CT molecular complexity index is 952. The van der Waals surface area contributed by atoms with E-state index < -0.39 is 0 Å². The van der Waals surface area contributed by atoms with E-state index in [0.29, 0.717) is 34.5 Å². The van der Waals surface area contributed by atoms with Crippen LogP contribution in [-0.4, -0.2) is 29.0 Å². The second kappa shape index (κ2) is 9.29. The van der Waals surface area contributed by atoms with Crippen molar-refractivity contribution >= 4 is 50.6 Å². The molecule has 0 atom stereocenters. The first kappa shape index (κ1) is 19.8. The summed E-state index contributed by atoms with van der Waals surface area (Å²) in [5, 5.41) is 12.9.